The van der Waals surface area contributed by atoms with Crippen molar-refractivity contribution in [3.05, 3.63) is 36.0 Å². The van der Waals surface area contributed by atoms with Gasteiger partial charge < -0.3 is 10.1 Å². The minimum Gasteiger partial charge on any atom is -0.497 e. The summed E-state index contributed by atoms with van der Waals surface area (Å²) in [6.07, 6.45) is 0. The number of hydrogen-bond acceptors (Lipinski definition) is 4. The highest BCUT2D eigenvalue weighted by molar-refractivity contribution is 5.62. The topological polar surface area (TPSA) is 47.0 Å². The number of benzene rings is 1. The second-order valence-corrected chi connectivity index (χ2v) is 3.98. The van der Waals surface area contributed by atoms with Gasteiger partial charge in [0.2, 0.25) is 5.95 Å². The summed E-state index contributed by atoms with van der Waals surface area (Å²) >= 11 is 0. The van der Waals surface area contributed by atoms with Crippen molar-refractivity contribution in [3.8, 4) is 17.0 Å². The first kappa shape index (κ1) is 12.4. The van der Waals surface area contributed by atoms with Crippen LogP contribution in [-0.4, -0.2) is 23.6 Å². The molecule has 94 valence electrons. The average Bonchev–Trinajstić information content (AvgIpc) is 2.38. The molecule has 0 fully saturated rings. The number of methoxy groups -OCH3 is 1. The summed E-state index contributed by atoms with van der Waals surface area (Å²) in [6, 6.07) is 9.83. The van der Waals surface area contributed by atoms with Crippen LogP contribution in [0.2, 0.25) is 0 Å². The third-order valence-corrected chi connectivity index (χ3v) is 2.55. The SMILES string of the molecule is CCNc1nc(C)cc(-c2cccc(OC)c2)n1. The normalized spacial score (nSPS) is 10.2. The van der Waals surface area contributed by atoms with Gasteiger partial charge in [0.05, 0.1) is 12.8 Å². The van der Waals surface area contributed by atoms with E-state index >= 15 is 0 Å². The van der Waals surface area contributed by atoms with Crippen LogP contribution < -0.4 is 10.1 Å². The van der Waals surface area contributed by atoms with Crippen molar-refractivity contribution in [1.29, 1.82) is 0 Å². The summed E-state index contributed by atoms with van der Waals surface area (Å²) in [6.45, 7) is 4.80. The lowest BCUT2D eigenvalue weighted by Crippen LogP contribution is -2.03. The Morgan fingerprint density at radius 2 is 2.06 bits per heavy atom. The minimum atomic E-state index is 0.662. The molecule has 1 aromatic carbocycles. The summed E-state index contributed by atoms with van der Waals surface area (Å²) in [7, 11) is 1.66. The minimum absolute atomic E-state index is 0.662. The number of anilines is 1. The van der Waals surface area contributed by atoms with Crippen LogP contribution in [0.15, 0.2) is 30.3 Å². The Balaban J connectivity index is 2.42. The van der Waals surface area contributed by atoms with Gasteiger partial charge in [-0.15, -0.1) is 0 Å². The van der Waals surface area contributed by atoms with Crippen LogP contribution >= 0.6 is 0 Å². The maximum atomic E-state index is 5.23. The van der Waals surface area contributed by atoms with Gasteiger partial charge in [0.25, 0.3) is 0 Å². The summed E-state index contributed by atoms with van der Waals surface area (Å²) in [5.74, 6) is 1.49. The lowest BCUT2D eigenvalue weighted by atomic mass is 10.1. The van der Waals surface area contributed by atoms with E-state index in [-0.39, 0.29) is 0 Å². The Morgan fingerprint density at radius 3 is 2.78 bits per heavy atom. The summed E-state index contributed by atoms with van der Waals surface area (Å²) in [5, 5.41) is 3.13. The van der Waals surface area contributed by atoms with E-state index in [9.17, 15) is 0 Å². The van der Waals surface area contributed by atoms with E-state index in [4.69, 9.17) is 4.74 Å². The number of aromatic nitrogens is 2. The van der Waals surface area contributed by atoms with Crippen molar-refractivity contribution >= 4 is 5.95 Å². The van der Waals surface area contributed by atoms with E-state index < -0.39 is 0 Å². The highest BCUT2D eigenvalue weighted by atomic mass is 16.5. The van der Waals surface area contributed by atoms with Crippen LogP contribution in [0.5, 0.6) is 5.75 Å². The monoisotopic (exact) mass is 243 g/mol. The first-order valence-electron chi connectivity index (χ1n) is 5.97. The predicted octanol–water partition coefficient (Wildman–Crippen LogP) is 2.89. The third kappa shape index (κ3) is 2.77. The molecule has 0 aliphatic carbocycles. The number of aryl methyl sites for hydroxylation is 1. The molecule has 0 aliphatic heterocycles. The molecular formula is C14H17N3O. The predicted molar refractivity (Wildman–Crippen MR) is 72.9 cm³/mol. The smallest absolute Gasteiger partial charge is 0.223 e. The molecule has 0 bridgehead atoms. The van der Waals surface area contributed by atoms with Gasteiger partial charge >= 0.3 is 0 Å². The van der Waals surface area contributed by atoms with Crippen molar-refractivity contribution in [2.45, 2.75) is 13.8 Å². The molecule has 4 heteroatoms. The van der Waals surface area contributed by atoms with E-state index in [0.29, 0.717) is 5.95 Å². The zero-order valence-electron chi connectivity index (χ0n) is 10.9. The Morgan fingerprint density at radius 1 is 1.22 bits per heavy atom. The van der Waals surface area contributed by atoms with Gasteiger partial charge in [-0.25, -0.2) is 9.97 Å². The molecule has 1 N–H and O–H groups in total. The van der Waals surface area contributed by atoms with Crippen molar-refractivity contribution in [2.75, 3.05) is 19.0 Å². The molecule has 0 saturated carbocycles. The summed E-state index contributed by atoms with van der Waals surface area (Å²) in [4.78, 5) is 8.83. The molecule has 0 amide bonds. The van der Waals surface area contributed by atoms with Gasteiger partial charge in [-0.3, -0.25) is 0 Å². The first-order valence-corrected chi connectivity index (χ1v) is 5.97. The standard InChI is InChI=1S/C14H17N3O/c1-4-15-14-16-10(2)8-13(17-14)11-6-5-7-12(9-11)18-3/h5-9H,4H2,1-3H3,(H,15,16,17). The van der Waals surface area contributed by atoms with Crippen LogP contribution in [0.4, 0.5) is 5.95 Å². The summed E-state index contributed by atoms with van der Waals surface area (Å²) in [5.41, 5.74) is 2.87. The van der Waals surface area contributed by atoms with Crippen LogP contribution in [0.3, 0.4) is 0 Å². The lowest BCUT2D eigenvalue weighted by Gasteiger charge is -2.08. The molecular weight excluding hydrogens is 226 g/mol. The first-order chi connectivity index (χ1) is 8.72. The van der Waals surface area contributed by atoms with Gasteiger partial charge in [0.1, 0.15) is 5.75 Å². The van der Waals surface area contributed by atoms with Crippen molar-refractivity contribution in [2.24, 2.45) is 0 Å². The quantitative estimate of drug-likeness (QED) is 0.897. The number of hydrogen-bond donors (Lipinski definition) is 1. The van der Waals surface area contributed by atoms with E-state index in [1.807, 2.05) is 44.2 Å². The Kier molecular flexibility index (Phi) is 3.77. The van der Waals surface area contributed by atoms with Crippen molar-refractivity contribution in [3.63, 3.8) is 0 Å². The molecule has 0 radical (unpaired) electrons. The number of nitrogens with one attached hydrogen (secondary N) is 1. The van der Waals surface area contributed by atoms with Crippen molar-refractivity contribution in [1.82, 2.24) is 9.97 Å². The summed E-state index contributed by atoms with van der Waals surface area (Å²) < 4.78 is 5.23. The molecule has 2 aromatic rings. The van der Waals surface area contributed by atoms with E-state index in [1.54, 1.807) is 7.11 Å². The van der Waals surface area contributed by atoms with E-state index in [0.717, 1.165) is 29.2 Å². The molecule has 4 nitrogen and oxygen atoms in total. The van der Waals surface area contributed by atoms with Crippen LogP contribution in [0, 0.1) is 6.92 Å². The van der Waals surface area contributed by atoms with E-state index in [2.05, 4.69) is 15.3 Å². The highest BCUT2D eigenvalue weighted by Crippen LogP contribution is 2.23. The largest absolute Gasteiger partial charge is 0.497 e. The van der Waals surface area contributed by atoms with Gasteiger partial charge in [-0.1, -0.05) is 12.1 Å². The highest BCUT2D eigenvalue weighted by Gasteiger charge is 2.05. The molecule has 1 aromatic heterocycles. The maximum absolute atomic E-state index is 5.23. The van der Waals surface area contributed by atoms with Crippen LogP contribution in [-0.2, 0) is 0 Å². The average molecular weight is 243 g/mol. The number of ether oxygens (including phenoxy) is 1. The fourth-order valence-corrected chi connectivity index (χ4v) is 1.74. The zero-order valence-corrected chi connectivity index (χ0v) is 10.9. The van der Waals surface area contributed by atoms with E-state index in [1.165, 1.54) is 0 Å². The van der Waals surface area contributed by atoms with Crippen molar-refractivity contribution < 1.29 is 4.74 Å². The fraction of sp³-hybridized carbons (Fsp3) is 0.286. The van der Waals surface area contributed by atoms with Gasteiger partial charge in [0, 0.05) is 17.8 Å². The second-order valence-electron chi connectivity index (χ2n) is 3.98. The zero-order chi connectivity index (χ0) is 13.0. The number of nitrogens with zero attached hydrogens (tertiary/aromatic N) is 2. The maximum Gasteiger partial charge on any atom is 0.223 e. The van der Waals surface area contributed by atoms with Gasteiger partial charge in [-0.2, -0.15) is 0 Å². The number of rotatable bonds is 4. The Hall–Kier alpha value is -2.10. The molecule has 0 aliphatic rings. The molecule has 0 saturated heterocycles. The third-order valence-electron chi connectivity index (χ3n) is 2.55. The molecule has 18 heavy (non-hydrogen) atoms. The van der Waals surface area contributed by atoms with Gasteiger partial charge in [-0.05, 0) is 32.0 Å². The molecule has 0 unspecified atom stereocenters. The fourth-order valence-electron chi connectivity index (χ4n) is 1.74. The Bertz CT molecular complexity index is 540. The van der Waals surface area contributed by atoms with Gasteiger partial charge in [0.15, 0.2) is 0 Å². The Labute approximate surface area is 107 Å². The molecule has 0 atom stereocenters. The molecule has 0 spiro atoms. The van der Waals surface area contributed by atoms with Crippen LogP contribution in [0.1, 0.15) is 12.6 Å². The van der Waals surface area contributed by atoms with Crippen LogP contribution in [0.25, 0.3) is 11.3 Å². The molecule has 2 rings (SSSR count). The molecule has 1 heterocycles. The second kappa shape index (κ2) is 5.49. The lowest BCUT2D eigenvalue weighted by molar-refractivity contribution is 0.415.